The van der Waals surface area contributed by atoms with E-state index in [-0.39, 0.29) is 24.3 Å². The van der Waals surface area contributed by atoms with Crippen LogP contribution >= 0.6 is 0 Å². The summed E-state index contributed by atoms with van der Waals surface area (Å²) in [6.07, 6.45) is 6.11. The summed E-state index contributed by atoms with van der Waals surface area (Å²) < 4.78 is 0. The van der Waals surface area contributed by atoms with Crippen molar-refractivity contribution in [3.8, 4) is 0 Å². The van der Waals surface area contributed by atoms with Crippen LogP contribution in [0.1, 0.15) is 59.2 Å². The van der Waals surface area contributed by atoms with E-state index in [4.69, 9.17) is 0 Å². The number of amides is 3. The second-order valence-corrected chi connectivity index (χ2v) is 8.93. The van der Waals surface area contributed by atoms with E-state index in [1.807, 2.05) is 29.2 Å². The Morgan fingerprint density at radius 1 is 0.871 bits per heavy atom. The van der Waals surface area contributed by atoms with Gasteiger partial charge < -0.3 is 4.90 Å². The molecule has 2 heterocycles. The first-order valence-electron chi connectivity index (χ1n) is 11.5. The standard InChI is InChI=1S/C25H29N3O3/c29-22(27-16-14-26(15-17-27)19-8-1-2-9-19)12-5-13-28-24(30)20-10-3-6-18-7-4-11-21(23(18)20)25(28)31/h3-4,6-7,10-11,19H,1-2,5,8-9,12-17H2. The van der Waals surface area contributed by atoms with Crippen molar-refractivity contribution in [1.82, 2.24) is 14.7 Å². The fourth-order valence-electron chi connectivity index (χ4n) is 5.44. The van der Waals surface area contributed by atoms with Gasteiger partial charge in [-0.25, -0.2) is 0 Å². The summed E-state index contributed by atoms with van der Waals surface area (Å²) in [5, 5.41) is 1.65. The van der Waals surface area contributed by atoms with E-state index < -0.39 is 0 Å². The molecule has 1 aliphatic carbocycles. The second kappa shape index (κ2) is 8.42. The third-order valence-corrected chi connectivity index (χ3v) is 7.14. The lowest BCUT2D eigenvalue weighted by Crippen LogP contribution is -2.51. The van der Waals surface area contributed by atoms with Crippen LogP contribution in [0.15, 0.2) is 36.4 Å². The molecule has 3 amide bonds. The van der Waals surface area contributed by atoms with Gasteiger partial charge in [0.25, 0.3) is 11.8 Å². The first kappa shape index (κ1) is 20.2. The molecule has 6 heteroatoms. The number of nitrogens with zero attached hydrogens (tertiary/aromatic N) is 3. The van der Waals surface area contributed by atoms with Gasteiger partial charge in [0.1, 0.15) is 0 Å². The van der Waals surface area contributed by atoms with E-state index in [0.29, 0.717) is 30.0 Å². The maximum Gasteiger partial charge on any atom is 0.261 e. The maximum absolute atomic E-state index is 13.0. The summed E-state index contributed by atoms with van der Waals surface area (Å²) in [7, 11) is 0. The molecule has 0 N–H and O–H groups in total. The molecule has 2 aromatic rings. The van der Waals surface area contributed by atoms with Crippen LogP contribution in [0.4, 0.5) is 0 Å². The zero-order valence-electron chi connectivity index (χ0n) is 17.9. The lowest BCUT2D eigenvalue weighted by atomic mass is 9.94. The fourth-order valence-corrected chi connectivity index (χ4v) is 5.44. The van der Waals surface area contributed by atoms with Crippen molar-refractivity contribution < 1.29 is 14.4 Å². The Balaban J connectivity index is 1.17. The van der Waals surface area contributed by atoms with E-state index in [0.717, 1.165) is 37.0 Å². The topological polar surface area (TPSA) is 60.9 Å². The average Bonchev–Trinajstić information content (AvgIpc) is 3.34. The molecular formula is C25H29N3O3. The van der Waals surface area contributed by atoms with Gasteiger partial charge in [0.15, 0.2) is 0 Å². The summed E-state index contributed by atoms with van der Waals surface area (Å²) in [5.74, 6) is -0.385. The van der Waals surface area contributed by atoms with Crippen molar-refractivity contribution in [2.45, 2.75) is 44.6 Å². The van der Waals surface area contributed by atoms with E-state index in [2.05, 4.69) is 4.90 Å². The van der Waals surface area contributed by atoms with Crippen molar-refractivity contribution in [3.05, 3.63) is 47.5 Å². The number of hydrogen-bond acceptors (Lipinski definition) is 4. The average molecular weight is 420 g/mol. The van der Waals surface area contributed by atoms with Crippen LogP contribution in [0.3, 0.4) is 0 Å². The number of piperazine rings is 1. The van der Waals surface area contributed by atoms with Gasteiger partial charge in [-0.2, -0.15) is 0 Å². The number of rotatable bonds is 5. The molecule has 2 fully saturated rings. The summed E-state index contributed by atoms with van der Waals surface area (Å²) in [6, 6.07) is 11.8. The van der Waals surface area contributed by atoms with E-state index >= 15 is 0 Å². The number of carbonyl (C=O) groups is 3. The molecule has 0 bridgehead atoms. The number of hydrogen-bond donors (Lipinski definition) is 0. The molecular weight excluding hydrogens is 390 g/mol. The zero-order valence-corrected chi connectivity index (χ0v) is 17.9. The number of imide groups is 1. The van der Waals surface area contributed by atoms with Crippen LogP contribution in [0.5, 0.6) is 0 Å². The molecule has 162 valence electrons. The summed E-state index contributed by atoms with van der Waals surface area (Å²) in [5.41, 5.74) is 1.14. The highest BCUT2D eigenvalue weighted by molar-refractivity contribution is 6.25. The Kier molecular flexibility index (Phi) is 5.48. The molecule has 1 saturated carbocycles. The highest BCUT2D eigenvalue weighted by atomic mass is 16.2. The molecule has 2 aromatic carbocycles. The Labute approximate surface area is 182 Å². The molecule has 31 heavy (non-hydrogen) atoms. The van der Waals surface area contributed by atoms with E-state index in [1.54, 1.807) is 12.1 Å². The number of carbonyl (C=O) groups excluding carboxylic acids is 3. The van der Waals surface area contributed by atoms with Crippen molar-refractivity contribution in [2.24, 2.45) is 0 Å². The van der Waals surface area contributed by atoms with E-state index in [1.165, 1.54) is 30.6 Å². The third kappa shape index (κ3) is 3.74. The van der Waals surface area contributed by atoms with Crippen molar-refractivity contribution in [1.29, 1.82) is 0 Å². The molecule has 0 spiro atoms. The SMILES string of the molecule is O=C(CCCN1C(=O)c2cccc3cccc(c23)C1=O)N1CCN(C2CCCC2)CC1. The molecule has 6 nitrogen and oxygen atoms in total. The Bertz CT molecular complexity index is 969. The zero-order chi connectivity index (χ0) is 21.4. The predicted molar refractivity (Wildman–Crippen MR) is 119 cm³/mol. The molecule has 0 atom stereocenters. The predicted octanol–water partition coefficient (Wildman–Crippen LogP) is 3.30. The maximum atomic E-state index is 13.0. The largest absolute Gasteiger partial charge is 0.340 e. The normalized spacial score (nSPS) is 20.1. The fraction of sp³-hybridized carbons (Fsp3) is 0.480. The summed E-state index contributed by atoms with van der Waals surface area (Å²) in [4.78, 5) is 44.4. The lowest BCUT2D eigenvalue weighted by Gasteiger charge is -2.38. The third-order valence-electron chi connectivity index (χ3n) is 7.14. The molecule has 2 aliphatic heterocycles. The van der Waals surface area contributed by atoms with Crippen LogP contribution < -0.4 is 0 Å². The quantitative estimate of drug-likeness (QED) is 0.698. The minimum atomic E-state index is -0.257. The Hall–Kier alpha value is -2.73. The van der Waals surface area contributed by atoms with Crippen molar-refractivity contribution in [3.63, 3.8) is 0 Å². The summed E-state index contributed by atoms with van der Waals surface area (Å²) >= 11 is 0. The van der Waals surface area contributed by atoms with Crippen LogP contribution in [-0.4, -0.2) is 71.2 Å². The number of benzene rings is 2. The van der Waals surface area contributed by atoms with Gasteiger partial charge in [0.2, 0.25) is 5.91 Å². The summed E-state index contributed by atoms with van der Waals surface area (Å²) in [6.45, 7) is 3.76. The first-order valence-corrected chi connectivity index (χ1v) is 11.5. The van der Waals surface area contributed by atoms with Crippen molar-refractivity contribution in [2.75, 3.05) is 32.7 Å². The van der Waals surface area contributed by atoms with Gasteiger partial charge in [0.05, 0.1) is 0 Å². The first-order chi connectivity index (χ1) is 15.1. The Morgan fingerprint density at radius 2 is 1.48 bits per heavy atom. The van der Waals surface area contributed by atoms with Gasteiger partial charge in [-0.3, -0.25) is 24.2 Å². The molecule has 0 radical (unpaired) electrons. The van der Waals surface area contributed by atoms with Gasteiger partial charge in [-0.1, -0.05) is 37.1 Å². The van der Waals surface area contributed by atoms with Crippen LogP contribution in [0.2, 0.25) is 0 Å². The van der Waals surface area contributed by atoms with Crippen LogP contribution in [0, 0.1) is 0 Å². The van der Waals surface area contributed by atoms with Gasteiger partial charge in [-0.15, -0.1) is 0 Å². The van der Waals surface area contributed by atoms with E-state index in [9.17, 15) is 14.4 Å². The highest BCUT2D eigenvalue weighted by Crippen LogP contribution is 2.30. The Morgan fingerprint density at radius 3 is 2.10 bits per heavy atom. The minimum Gasteiger partial charge on any atom is -0.340 e. The minimum absolute atomic E-state index is 0.130. The second-order valence-electron chi connectivity index (χ2n) is 8.93. The molecule has 0 unspecified atom stereocenters. The van der Waals surface area contributed by atoms with Gasteiger partial charge in [-0.05, 0) is 36.8 Å². The molecule has 0 aromatic heterocycles. The van der Waals surface area contributed by atoms with Gasteiger partial charge >= 0.3 is 0 Å². The van der Waals surface area contributed by atoms with Crippen LogP contribution in [-0.2, 0) is 4.79 Å². The monoisotopic (exact) mass is 419 g/mol. The molecule has 5 rings (SSSR count). The molecule has 3 aliphatic rings. The van der Waals surface area contributed by atoms with Crippen molar-refractivity contribution >= 4 is 28.5 Å². The van der Waals surface area contributed by atoms with Crippen LogP contribution in [0.25, 0.3) is 10.8 Å². The molecule has 1 saturated heterocycles. The van der Waals surface area contributed by atoms with Gasteiger partial charge in [0, 0.05) is 61.7 Å². The lowest BCUT2D eigenvalue weighted by molar-refractivity contribution is -0.133. The highest BCUT2D eigenvalue weighted by Gasteiger charge is 2.33. The smallest absolute Gasteiger partial charge is 0.261 e.